The summed E-state index contributed by atoms with van der Waals surface area (Å²) in [5, 5.41) is 0. The van der Waals surface area contributed by atoms with Gasteiger partial charge in [0.2, 0.25) is 0 Å². The minimum Gasteiger partial charge on any atom is -0.381 e. The van der Waals surface area contributed by atoms with Crippen molar-refractivity contribution >= 4 is 0 Å². The molecule has 2 N–H and O–H groups in total. The predicted molar refractivity (Wildman–Crippen MR) is 57.3 cm³/mol. The number of ether oxygens (including phenoxy) is 2. The molecule has 0 aromatic rings. The molecule has 1 saturated heterocycles. The Bertz CT molecular complexity index is 144. The molecule has 3 heteroatoms. The minimum atomic E-state index is 0.200. The second-order valence-corrected chi connectivity index (χ2v) is 4.22. The first-order valence-electron chi connectivity index (χ1n) is 5.68. The topological polar surface area (TPSA) is 44.5 Å². The van der Waals surface area contributed by atoms with Crippen molar-refractivity contribution in [2.24, 2.45) is 11.1 Å². The fourth-order valence-corrected chi connectivity index (χ4v) is 1.91. The van der Waals surface area contributed by atoms with Gasteiger partial charge in [-0.05, 0) is 25.7 Å². The third-order valence-corrected chi connectivity index (χ3v) is 2.96. The quantitative estimate of drug-likeness (QED) is 0.663. The van der Waals surface area contributed by atoms with Crippen LogP contribution in [0.15, 0.2) is 0 Å². The van der Waals surface area contributed by atoms with Crippen LogP contribution in [0.25, 0.3) is 0 Å². The maximum absolute atomic E-state index is 5.82. The molecule has 14 heavy (non-hydrogen) atoms. The SMILES string of the molecule is CCCOCCC1(CN)CCCOC1. The summed E-state index contributed by atoms with van der Waals surface area (Å²) in [6.07, 6.45) is 4.47. The monoisotopic (exact) mass is 201 g/mol. The third-order valence-electron chi connectivity index (χ3n) is 2.96. The van der Waals surface area contributed by atoms with Gasteiger partial charge in [0, 0.05) is 31.8 Å². The van der Waals surface area contributed by atoms with Crippen LogP contribution < -0.4 is 5.73 Å². The van der Waals surface area contributed by atoms with Gasteiger partial charge in [-0.25, -0.2) is 0 Å². The van der Waals surface area contributed by atoms with Gasteiger partial charge < -0.3 is 15.2 Å². The third kappa shape index (κ3) is 3.56. The molecular weight excluding hydrogens is 178 g/mol. The summed E-state index contributed by atoms with van der Waals surface area (Å²) in [6.45, 7) is 6.26. The van der Waals surface area contributed by atoms with Gasteiger partial charge in [-0.2, -0.15) is 0 Å². The zero-order valence-electron chi connectivity index (χ0n) is 9.26. The van der Waals surface area contributed by atoms with Crippen molar-refractivity contribution in [1.29, 1.82) is 0 Å². The van der Waals surface area contributed by atoms with Gasteiger partial charge in [-0.15, -0.1) is 0 Å². The lowest BCUT2D eigenvalue weighted by molar-refractivity contribution is -0.0228. The Balaban J connectivity index is 2.22. The van der Waals surface area contributed by atoms with E-state index in [1.165, 1.54) is 6.42 Å². The molecule has 1 aliphatic rings. The van der Waals surface area contributed by atoms with E-state index in [2.05, 4.69) is 6.92 Å². The van der Waals surface area contributed by atoms with E-state index in [0.29, 0.717) is 0 Å². The van der Waals surface area contributed by atoms with Gasteiger partial charge in [0.05, 0.1) is 6.61 Å². The molecule has 1 fully saturated rings. The lowest BCUT2D eigenvalue weighted by Gasteiger charge is -2.35. The molecule has 0 saturated carbocycles. The van der Waals surface area contributed by atoms with Crippen LogP contribution >= 0.6 is 0 Å². The molecule has 1 aliphatic heterocycles. The first-order valence-corrected chi connectivity index (χ1v) is 5.68. The number of rotatable bonds is 6. The van der Waals surface area contributed by atoms with E-state index >= 15 is 0 Å². The molecule has 0 spiro atoms. The highest BCUT2D eigenvalue weighted by molar-refractivity contribution is 4.82. The van der Waals surface area contributed by atoms with Gasteiger partial charge >= 0.3 is 0 Å². The molecule has 1 rings (SSSR count). The first-order chi connectivity index (χ1) is 6.83. The van der Waals surface area contributed by atoms with Crippen molar-refractivity contribution in [2.75, 3.05) is 33.0 Å². The summed E-state index contributed by atoms with van der Waals surface area (Å²) in [7, 11) is 0. The van der Waals surface area contributed by atoms with Crippen LogP contribution in [0.2, 0.25) is 0 Å². The average molecular weight is 201 g/mol. The highest BCUT2D eigenvalue weighted by Gasteiger charge is 2.30. The normalized spacial score (nSPS) is 27.9. The van der Waals surface area contributed by atoms with E-state index in [0.717, 1.165) is 52.2 Å². The molecule has 1 heterocycles. The summed E-state index contributed by atoms with van der Waals surface area (Å²) >= 11 is 0. The number of nitrogens with two attached hydrogens (primary N) is 1. The van der Waals surface area contributed by atoms with E-state index in [-0.39, 0.29) is 5.41 Å². The number of hydrogen-bond donors (Lipinski definition) is 1. The maximum Gasteiger partial charge on any atom is 0.0535 e. The maximum atomic E-state index is 5.82. The van der Waals surface area contributed by atoms with Gasteiger partial charge in [0.1, 0.15) is 0 Å². The molecule has 0 bridgehead atoms. The zero-order valence-corrected chi connectivity index (χ0v) is 9.26. The molecule has 1 atom stereocenters. The fraction of sp³-hybridized carbons (Fsp3) is 1.00. The van der Waals surface area contributed by atoms with E-state index in [9.17, 15) is 0 Å². The van der Waals surface area contributed by atoms with E-state index in [4.69, 9.17) is 15.2 Å². The molecule has 0 aliphatic carbocycles. The first kappa shape index (κ1) is 12.0. The van der Waals surface area contributed by atoms with Crippen molar-refractivity contribution in [3.63, 3.8) is 0 Å². The van der Waals surface area contributed by atoms with Crippen LogP contribution in [-0.4, -0.2) is 33.0 Å². The van der Waals surface area contributed by atoms with Crippen molar-refractivity contribution in [2.45, 2.75) is 32.6 Å². The van der Waals surface area contributed by atoms with Crippen LogP contribution in [0.3, 0.4) is 0 Å². The second-order valence-electron chi connectivity index (χ2n) is 4.22. The van der Waals surface area contributed by atoms with Gasteiger partial charge in [-0.3, -0.25) is 0 Å². The summed E-state index contributed by atoms with van der Waals surface area (Å²) in [4.78, 5) is 0. The molecule has 0 amide bonds. The predicted octanol–water partition coefficient (Wildman–Crippen LogP) is 1.56. The van der Waals surface area contributed by atoms with Crippen LogP contribution in [0.4, 0.5) is 0 Å². The van der Waals surface area contributed by atoms with E-state index in [1.54, 1.807) is 0 Å². The Morgan fingerprint density at radius 3 is 2.86 bits per heavy atom. The summed E-state index contributed by atoms with van der Waals surface area (Å²) in [5.74, 6) is 0. The van der Waals surface area contributed by atoms with Gasteiger partial charge in [0.15, 0.2) is 0 Å². The highest BCUT2D eigenvalue weighted by atomic mass is 16.5. The largest absolute Gasteiger partial charge is 0.381 e. The molecule has 1 unspecified atom stereocenters. The van der Waals surface area contributed by atoms with E-state index in [1.807, 2.05) is 0 Å². The molecular formula is C11H23NO2. The minimum absolute atomic E-state index is 0.200. The average Bonchev–Trinajstić information content (AvgIpc) is 2.26. The molecule has 3 nitrogen and oxygen atoms in total. The fourth-order valence-electron chi connectivity index (χ4n) is 1.91. The van der Waals surface area contributed by atoms with Crippen LogP contribution in [0.5, 0.6) is 0 Å². The van der Waals surface area contributed by atoms with Crippen molar-refractivity contribution in [1.82, 2.24) is 0 Å². The number of hydrogen-bond acceptors (Lipinski definition) is 3. The van der Waals surface area contributed by atoms with Gasteiger partial charge in [-0.1, -0.05) is 6.92 Å². The van der Waals surface area contributed by atoms with Crippen molar-refractivity contribution in [3.05, 3.63) is 0 Å². The molecule has 0 radical (unpaired) electrons. The summed E-state index contributed by atoms with van der Waals surface area (Å²) in [6, 6.07) is 0. The Morgan fingerprint density at radius 2 is 2.29 bits per heavy atom. The highest BCUT2D eigenvalue weighted by Crippen LogP contribution is 2.30. The molecule has 0 aromatic heterocycles. The zero-order chi connectivity index (χ0) is 10.3. The molecule has 84 valence electrons. The standard InChI is InChI=1S/C11H23NO2/c1-2-6-13-8-5-11(9-12)4-3-7-14-10-11/h2-10,12H2,1H3. The van der Waals surface area contributed by atoms with E-state index < -0.39 is 0 Å². The van der Waals surface area contributed by atoms with Crippen LogP contribution in [-0.2, 0) is 9.47 Å². The Labute approximate surface area is 86.9 Å². The Morgan fingerprint density at radius 1 is 1.43 bits per heavy atom. The Hall–Kier alpha value is -0.120. The summed E-state index contributed by atoms with van der Waals surface area (Å²) < 4.78 is 11.0. The van der Waals surface area contributed by atoms with Crippen LogP contribution in [0.1, 0.15) is 32.6 Å². The lowest BCUT2D eigenvalue weighted by atomic mass is 9.80. The Kier molecular flexibility index (Phi) is 5.45. The lowest BCUT2D eigenvalue weighted by Crippen LogP contribution is -2.39. The van der Waals surface area contributed by atoms with Crippen molar-refractivity contribution in [3.8, 4) is 0 Å². The summed E-state index contributed by atoms with van der Waals surface area (Å²) in [5.41, 5.74) is 6.02. The van der Waals surface area contributed by atoms with Crippen molar-refractivity contribution < 1.29 is 9.47 Å². The van der Waals surface area contributed by atoms with Gasteiger partial charge in [0.25, 0.3) is 0 Å². The smallest absolute Gasteiger partial charge is 0.0535 e. The molecule has 0 aromatic carbocycles. The second kappa shape index (κ2) is 6.38. The van der Waals surface area contributed by atoms with Crippen LogP contribution in [0, 0.1) is 5.41 Å².